The second-order valence-electron chi connectivity index (χ2n) is 9.87. The van der Waals surface area contributed by atoms with E-state index in [-0.39, 0.29) is 24.5 Å². The Morgan fingerprint density at radius 2 is 1.65 bits per heavy atom. The average Bonchev–Trinajstić information content (AvgIpc) is 3.44. The van der Waals surface area contributed by atoms with E-state index in [0.29, 0.717) is 37.1 Å². The highest BCUT2D eigenvalue weighted by atomic mass is 16.4. The molecule has 5 unspecified atom stereocenters. The highest BCUT2D eigenvalue weighted by Crippen LogP contribution is 2.13. The van der Waals surface area contributed by atoms with Crippen LogP contribution in [-0.4, -0.2) is 74.6 Å². The lowest BCUT2D eigenvalue weighted by Gasteiger charge is -2.28. The summed E-state index contributed by atoms with van der Waals surface area (Å²) in [4.78, 5) is 58.2. The Hall–Kier alpha value is -3.97. The van der Waals surface area contributed by atoms with Gasteiger partial charge in [0.1, 0.15) is 23.9 Å². The van der Waals surface area contributed by atoms with Gasteiger partial charge in [-0.2, -0.15) is 0 Å². The molecule has 0 bridgehead atoms. The molecule has 40 heavy (non-hydrogen) atoms. The van der Waals surface area contributed by atoms with E-state index in [2.05, 4.69) is 25.9 Å². The van der Waals surface area contributed by atoms with Gasteiger partial charge >= 0.3 is 5.97 Å². The van der Waals surface area contributed by atoms with Crippen molar-refractivity contribution in [1.29, 1.82) is 0 Å². The van der Waals surface area contributed by atoms with E-state index in [9.17, 15) is 29.4 Å². The molecule has 0 aliphatic rings. The number of hydrogen-bond acceptors (Lipinski definition) is 8. The third-order valence-corrected chi connectivity index (χ3v) is 6.70. The van der Waals surface area contributed by atoms with Crippen LogP contribution < -0.4 is 27.4 Å². The number of aromatic amines is 1. The van der Waals surface area contributed by atoms with Crippen molar-refractivity contribution in [1.82, 2.24) is 25.9 Å². The van der Waals surface area contributed by atoms with Crippen LogP contribution in [0.1, 0.15) is 50.8 Å². The van der Waals surface area contributed by atoms with Gasteiger partial charge < -0.3 is 42.6 Å². The number of benzene rings is 1. The first-order valence-corrected chi connectivity index (χ1v) is 13.4. The number of amides is 3. The number of phenols is 1. The lowest BCUT2D eigenvalue weighted by molar-refractivity contribution is -0.142. The average molecular weight is 560 g/mol. The summed E-state index contributed by atoms with van der Waals surface area (Å²) in [5, 5.41) is 27.1. The summed E-state index contributed by atoms with van der Waals surface area (Å²) < 4.78 is 0. The van der Waals surface area contributed by atoms with E-state index in [1.165, 1.54) is 24.7 Å². The number of aliphatic carboxylic acids is 1. The molecular formula is C27H41N7O6. The van der Waals surface area contributed by atoms with E-state index in [1.807, 2.05) is 6.92 Å². The number of rotatable bonds is 17. The smallest absolute Gasteiger partial charge is 0.326 e. The maximum absolute atomic E-state index is 13.4. The highest BCUT2D eigenvalue weighted by Gasteiger charge is 2.32. The minimum Gasteiger partial charge on any atom is -0.508 e. The quantitative estimate of drug-likeness (QED) is 0.121. The first-order chi connectivity index (χ1) is 19.0. The van der Waals surface area contributed by atoms with Crippen molar-refractivity contribution in [3.8, 4) is 5.75 Å². The van der Waals surface area contributed by atoms with Crippen molar-refractivity contribution >= 4 is 23.7 Å². The van der Waals surface area contributed by atoms with Crippen LogP contribution in [0, 0.1) is 5.92 Å². The zero-order valence-electron chi connectivity index (χ0n) is 22.9. The van der Waals surface area contributed by atoms with Crippen LogP contribution in [0.4, 0.5) is 0 Å². The normalized spacial score (nSPS) is 14.8. The predicted molar refractivity (Wildman–Crippen MR) is 148 cm³/mol. The fourth-order valence-electron chi connectivity index (χ4n) is 4.03. The number of unbranched alkanes of at least 4 members (excludes halogenated alkanes) is 1. The van der Waals surface area contributed by atoms with Gasteiger partial charge in [0.15, 0.2) is 0 Å². The lowest BCUT2D eigenvalue weighted by Crippen LogP contribution is -2.59. The van der Waals surface area contributed by atoms with Gasteiger partial charge in [-0.05, 0) is 43.0 Å². The van der Waals surface area contributed by atoms with Crippen LogP contribution in [0.3, 0.4) is 0 Å². The standard InChI is InChI=1S/C27H41N7O6/c1-3-16(2)23(34-24(36)20(29)6-4-5-11-28)26(38)32-21(13-18-14-30-15-31-18)25(37)33-22(27(39)40)12-17-7-9-19(35)10-8-17/h7-10,14-16,20-23,35H,3-6,11-13,28-29H2,1-2H3,(H,30,31)(H,32,38)(H,33,37)(H,34,36)(H,39,40). The Labute approximate surface area is 233 Å². The van der Waals surface area contributed by atoms with E-state index < -0.39 is 47.9 Å². The summed E-state index contributed by atoms with van der Waals surface area (Å²) in [5.41, 5.74) is 12.6. The first kappa shape index (κ1) is 32.2. The predicted octanol–water partition coefficient (Wildman–Crippen LogP) is -0.0581. The van der Waals surface area contributed by atoms with Crippen molar-refractivity contribution < 1.29 is 29.4 Å². The summed E-state index contributed by atoms with van der Waals surface area (Å²) in [7, 11) is 0. The number of carbonyl (C=O) groups is 4. The van der Waals surface area contributed by atoms with E-state index in [4.69, 9.17) is 11.5 Å². The monoisotopic (exact) mass is 559 g/mol. The molecule has 220 valence electrons. The molecule has 0 saturated heterocycles. The number of nitrogens with two attached hydrogens (primary N) is 2. The van der Waals surface area contributed by atoms with Crippen molar-refractivity contribution in [2.75, 3.05) is 6.54 Å². The molecule has 13 heteroatoms. The molecule has 0 aliphatic heterocycles. The second-order valence-corrected chi connectivity index (χ2v) is 9.87. The molecule has 0 fully saturated rings. The van der Waals surface area contributed by atoms with E-state index in [0.717, 1.165) is 6.42 Å². The molecule has 2 rings (SSSR count). The van der Waals surface area contributed by atoms with Gasteiger partial charge in [0.25, 0.3) is 0 Å². The van der Waals surface area contributed by atoms with Crippen LogP contribution in [0.2, 0.25) is 0 Å². The van der Waals surface area contributed by atoms with Crippen LogP contribution in [0.25, 0.3) is 0 Å². The van der Waals surface area contributed by atoms with Gasteiger partial charge in [0.2, 0.25) is 17.7 Å². The number of hydrogen-bond donors (Lipinski definition) is 8. The summed E-state index contributed by atoms with van der Waals surface area (Å²) in [5.74, 6) is -3.31. The number of aromatic nitrogens is 2. The molecule has 1 aromatic carbocycles. The number of aromatic hydroxyl groups is 1. The minimum atomic E-state index is -1.30. The lowest BCUT2D eigenvalue weighted by atomic mass is 9.96. The summed E-state index contributed by atoms with van der Waals surface area (Å²) in [6, 6.07) is 1.71. The third kappa shape index (κ3) is 10.3. The third-order valence-electron chi connectivity index (χ3n) is 6.70. The topological polar surface area (TPSA) is 226 Å². The Morgan fingerprint density at radius 1 is 0.975 bits per heavy atom. The van der Waals surface area contributed by atoms with Crippen molar-refractivity contribution in [2.24, 2.45) is 17.4 Å². The molecule has 0 radical (unpaired) electrons. The minimum absolute atomic E-state index is 0.00287. The van der Waals surface area contributed by atoms with Crippen molar-refractivity contribution in [3.05, 3.63) is 48.0 Å². The first-order valence-electron chi connectivity index (χ1n) is 13.4. The Kier molecular flexibility index (Phi) is 13.1. The van der Waals surface area contributed by atoms with Gasteiger partial charge in [0.05, 0.1) is 12.4 Å². The molecule has 10 N–H and O–H groups in total. The Bertz CT molecular complexity index is 1090. The fourth-order valence-corrected chi connectivity index (χ4v) is 4.03. The van der Waals surface area contributed by atoms with E-state index >= 15 is 0 Å². The Morgan fingerprint density at radius 3 is 2.23 bits per heavy atom. The summed E-state index contributed by atoms with van der Waals surface area (Å²) in [6.07, 6.45) is 5.25. The fraction of sp³-hybridized carbons (Fsp3) is 0.519. The number of H-pyrrole nitrogens is 1. The molecule has 0 spiro atoms. The largest absolute Gasteiger partial charge is 0.508 e. The SMILES string of the molecule is CCC(C)C(NC(=O)C(N)CCCCN)C(=O)NC(Cc1cnc[nH]1)C(=O)NC(Cc1ccc(O)cc1)C(=O)O. The molecule has 13 nitrogen and oxygen atoms in total. The van der Waals surface area contributed by atoms with Gasteiger partial charge in [-0.25, -0.2) is 9.78 Å². The van der Waals surface area contributed by atoms with Gasteiger partial charge in [-0.1, -0.05) is 38.8 Å². The second kappa shape index (κ2) is 16.2. The molecule has 0 aliphatic carbocycles. The Balaban J connectivity index is 2.19. The number of carboxylic acid groups (broad SMARTS) is 1. The van der Waals surface area contributed by atoms with Crippen molar-refractivity contribution in [3.63, 3.8) is 0 Å². The maximum Gasteiger partial charge on any atom is 0.326 e. The number of phenolic OH excluding ortho intramolecular Hbond substituents is 1. The zero-order chi connectivity index (χ0) is 29.7. The molecule has 1 heterocycles. The van der Waals surface area contributed by atoms with Gasteiger partial charge in [0, 0.05) is 24.7 Å². The number of carboxylic acids is 1. The molecular weight excluding hydrogens is 518 g/mol. The number of nitrogens with zero attached hydrogens (tertiary/aromatic N) is 1. The van der Waals surface area contributed by atoms with Crippen LogP contribution in [-0.2, 0) is 32.0 Å². The van der Waals surface area contributed by atoms with Crippen LogP contribution in [0.15, 0.2) is 36.8 Å². The van der Waals surface area contributed by atoms with Gasteiger partial charge in [-0.15, -0.1) is 0 Å². The number of imidazole rings is 1. The number of carbonyl (C=O) groups excluding carboxylic acids is 3. The van der Waals surface area contributed by atoms with Crippen LogP contribution in [0.5, 0.6) is 5.75 Å². The zero-order valence-corrected chi connectivity index (χ0v) is 22.9. The molecule has 5 atom stereocenters. The number of nitrogens with one attached hydrogen (secondary N) is 4. The molecule has 2 aromatic rings. The summed E-state index contributed by atoms with van der Waals surface area (Å²) >= 11 is 0. The van der Waals surface area contributed by atoms with Gasteiger partial charge in [-0.3, -0.25) is 14.4 Å². The maximum atomic E-state index is 13.4. The highest BCUT2D eigenvalue weighted by molar-refractivity contribution is 5.94. The summed E-state index contributed by atoms with van der Waals surface area (Å²) in [6.45, 7) is 4.16. The van der Waals surface area contributed by atoms with Crippen LogP contribution >= 0.6 is 0 Å². The molecule has 0 saturated carbocycles. The van der Waals surface area contributed by atoms with Crippen molar-refractivity contribution in [2.45, 2.75) is 76.5 Å². The molecule has 1 aromatic heterocycles. The van der Waals surface area contributed by atoms with E-state index in [1.54, 1.807) is 19.1 Å². The molecule has 3 amide bonds.